The highest BCUT2D eigenvalue weighted by Crippen LogP contribution is 2.22. The number of unbranched alkanes of at least 4 members (excludes halogenated alkanes) is 1. The third kappa shape index (κ3) is 4.66. The number of benzene rings is 1. The second-order valence-electron chi connectivity index (χ2n) is 5.92. The van der Waals surface area contributed by atoms with Crippen molar-refractivity contribution in [3.63, 3.8) is 0 Å². The maximum absolute atomic E-state index is 13.0. The molecule has 0 fully saturated rings. The topological polar surface area (TPSA) is 21.1 Å². The molecule has 3 rings (SSSR count). The highest BCUT2D eigenvalue weighted by atomic mass is 35.5. The van der Waals surface area contributed by atoms with E-state index >= 15 is 0 Å². The number of aryl methyl sites for hydroxylation is 1. The first-order valence-electron chi connectivity index (χ1n) is 8.06. The second kappa shape index (κ2) is 7.75. The van der Waals surface area contributed by atoms with Crippen LogP contribution in [0.3, 0.4) is 0 Å². The number of hydrogen-bond acceptors (Lipinski definition) is 2. The standard InChI is InChI=1S/C18H21ClFN3/c19-17-13-21-23(14-17)10-2-1-9-22-11-7-16(8-12-22)15-3-5-18(20)6-4-15/h3-7,13-14H,1-2,8-12H2. The largest absolute Gasteiger partial charge is 0.299 e. The molecule has 0 bridgehead atoms. The lowest BCUT2D eigenvalue weighted by molar-refractivity contribution is 0.291. The van der Waals surface area contributed by atoms with Gasteiger partial charge in [0, 0.05) is 25.8 Å². The minimum absolute atomic E-state index is 0.176. The van der Waals surface area contributed by atoms with Gasteiger partial charge in [0.1, 0.15) is 5.82 Å². The Bertz CT molecular complexity index is 663. The van der Waals surface area contributed by atoms with Crippen LogP contribution in [0, 0.1) is 5.82 Å². The molecule has 3 nitrogen and oxygen atoms in total. The first-order valence-corrected chi connectivity index (χ1v) is 8.44. The fourth-order valence-electron chi connectivity index (χ4n) is 2.91. The van der Waals surface area contributed by atoms with Crippen molar-refractivity contribution >= 4 is 17.2 Å². The van der Waals surface area contributed by atoms with Crippen LogP contribution in [-0.4, -0.2) is 34.3 Å². The summed E-state index contributed by atoms with van der Waals surface area (Å²) in [4.78, 5) is 2.46. The summed E-state index contributed by atoms with van der Waals surface area (Å²) >= 11 is 5.85. The summed E-state index contributed by atoms with van der Waals surface area (Å²) in [7, 11) is 0. The lowest BCUT2D eigenvalue weighted by atomic mass is 9.99. The molecular weight excluding hydrogens is 313 g/mol. The van der Waals surface area contributed by atoms with Crippen LogP contribution in [0.2, 0.25) is 5.02 Å². The van der Waals surface area contributed by atoms with Gasteiger partial charge in [0.25, 0.3) is 0 Å². The lowest BCUT2D eigenvalue weighted by Crippen LogP contribution is -2.29. The zero-order valence-corrected chi connectivity index (χ0v) is 13.8. The van der Waals surface area contributed by atoms with Crippen molar-refractivity contribution in [3.8, 4) is 0 Å². The SMILES string of the molecule is Fc1ccc(C2=CCN(CCCCn3cc(Cl)cn3)CC2)cc1. The summed E-state index contributed by atoms with van der Waals surface area (Å²) in [5.41, 5.74) is 2.47. The Balaban J connectivity index is 1.41. The summed E-state index contributed by atoms with van der Waals surface area (Å²) in [6.07, 6.45) is 9.08. The van der Waals surface area contributed by atoms with Gasteiger partial charge in [-0.1, -0.05) is 29.8 Å². The molecule has 0 radical (unpaired) electrons. The average Bonchev–Trinajstić information content (AvgIpc) is 2.98. The number of halogens is 2. The lowest BCUT2D eigenvalue weighted by Gasteiger charge is -2.26. The van der Waals surface area contributed by atoms with Gasteiger partial charge in [0.2, 0.25) is 0 Å². The molecule has 0 spiro atoms. The molecule has 1 aliphatic rings. The number of aromatic nitrogens is 2. The van der Waals surface area contributed by atoms with Crippen molar-refractivity contribution in [1.82, 2.24) is 14.7 Å². The Kier molecular flexibility index (Phi) is 5.47. The van der Waals surface area contributed by atoms with E-state index in [4.69, 9.17) is 11.6 Å². The van der Waals surface area contributed by atoms with Crippen LogP contribution in [-0.2, 0) is 6.54 Å². The molecular formula is C18H21ClFN3. The van der Waals surface area contributed by atoms with Crippen molar-refractivity contribution in [2.75, 3.05) is 19.6 Å². The van der Waals surface area contributed by atoms with E-state index in [0.717, 1.165) is 51.0 Å². The smallest absolute Gasteiger partial charge is 0.123 e. The van der Waals surface area contributed by atoms with E-state index < -0.39 is 0 Å². The van der Waals surface area contributed by atoms with Gasteiger partial charge < -0.3 is 0 Å². The molecule has 0 amide bonds. The molecule has 2 heterocycles. The fraction of sp³-hybridized carbons (Fsp3) is 0.389. The van der Waals surface area contributed by atoms with Gasteiger partial charge in [-0.3, -0.25) is 9.58 Å². The zero-order chi connectivity index (χ0) is 16.1. The van der Waals surface area contributed by atoms with Crippen molar-refractivity contribution < 1.29 is 4.39 Å². The molecule has 0 N–H and O–H groups in total. The molecule has 0 saturated carbocycles. The van der Waals surface area contributed by atoms with E-state index in [2.05, 4.69) is 16.1 Å². The molecule has 5 heteroatoms. The highest BCUT2D eigenvalue weighted by Gasteiger charge is 2.12. The fourth-order valence-corrected chi connectivity index (χ4v) is 3.07. The van der Waals surface area contributed by atoms with Gasteiger partial charge in [-0.15, -0.1) is 0 Å². The molecule has 122 valence electrons. The van der Waals surface area contributed by atoms with E-state index in [0.29, 0.717) is 5.02 Å². The molecule has 1 aromatic heterocycles. The predicted molar refractivity (Wildman–Crippen MR) is 91.9 cm³/mol. The van der Waals surface area contributed by atoms with Gasteiger partial charge in [-0.25, -0.2) is 4.39 Å². The monoisotopic (exact) mass is 333 g/mol. The minimum Gasteiger partial charge on any atom is -0.299 e. The second-order valence-corrected chi connectivity index (χ2v) is 6.35. The summed E-state index contributed by atoms with van der Waals surface area (Å²) in [6, 6.07) is 6.80. The first-order chi connectivity index (χ1) is 11.2. The normalized spacial score (nSPS) is 15.7. The van der Waals surface area contributed by atoms with Gasteiger partial charge in [-0.05, 0) is 49.1 Å². The molecule has 0 atom stereocenters. The van der Waals surface area contributed by atoms with Crippen molar-refractivity contribution in [2.45, 2.75) is 25.8 Å². The predicted octanol–water partition coefficient (Wildman–Crippen LogP) is 4.25. The maximum atomic E-state index is 13.0. The highest BCUT2D eigenvalue weighted by molar-refractivity contribution is 6.30. The number of nitrogens with zero attached hydrogens (tertiary/aromatic N) is 3. The summed E-state index contributed by atoms with van der Waals surface area (Å²) in [6.45, 7) is 4.05. The van der Waals surface area contributed by atoms with Crippen LogP contribution < -0.4 is 0 Å². The van der Waals surface area contributed by atoms with Crippen molar-refractivity contribution in [2.24, 2.45) is 0 Å². The van der Waals surface area contributed by atoms with Crippen LogP contribution in [0.5, 0.6) is 0 Å². The van der Waals surface area contributed by atoms with E-state index in [1.165, 1.54) is 17.7 Å². The Hall–Kier alpha value is -1.65. The van der Waals surface area contributed by atoms with E-state index in [9.17, 15) is 4.39 Å². The van der Waals surface area contributed by atoms with Crippen LogP contribution in [0.1, 0.15) is 24.8 Å². The van der Waals surface area contributed by atoms with E-state index in [1.54, 1.807) is 6.20 Å². The van der Waals surface area contributed by atoms with Gasteiger partial charge in [0.05, 0.1) is 11.2 Å². The van der Waals surface area contributed by atoms with Crippen LogP contribution in [0.4, 0.5) is 4.39 Å². The molecule has 1 aromatic carbocycles. The number of rotatable bonds is 6. The van der Waals surface area contributed by atoms with Crippen LogP contribution in [0.25, 0.3) is 5.57 Å². The van der Waals surface area contributed by atoms with Crippen molar-refractivity contribution in [1.29, 1.82) is 0 Å². The van der Waals surface area contributed by atoms with E-state index in [-0.39, 0.29) is 5.82 Å². The Labute approximate surface area is 141 Å². The quantitative estimate of drug-likeness (QED) is 0.737. The van der Waals surface area contributed by atoms with Gasteiger partial charge in [-0.2, -0.15) is 5.10 Å². The van der Waals surface area contributed by atoms with Crippen LogP contribution >= 0.6 is 11.6 Å². The average molecular weight is 334 g/mol. The van der Waals surface area contributed by atoms with Gasteiger partial charge >= 0.3 is 0 Å². The Morgan fingerprint density at radius 3 is 2.57 bits per heavy atom. The molecule has 23 heavy (non-hydrogen) atoms. The van der Waals surface area contributed by atoms with Crippen molar-refractivity contribution in [3.05, 3.63) is 59.1 Å². The summed E-state index contributed by atoms with van der Waals surface area (Å²) in [5.74, 6) is -0.176. The van der Waals surface area contributed by atoms with E-state index in [1.807, 2.05) is 23.0 Å². The minimum atomic E-state index is -0.176. The molecule has 0 unspecified atom stereocenters. The molecule has 2 aromatic rings. The van der Waals surface area contributed by atoms with Crippen LogP contribution in [0.15, 0.2) is 42.7 Å². The summed E-state index contributed by atoms with van der Waals surface area (Å²) in [5, 5.41) is 4.88. The third-order valence-corrected chi connectivity index (χ3v) is 4.42. The number of hydrogen-bond donors (Lipinski definition) is 0. The molecule has 0 aliphatic carbocycles. The first kappa shape index (κ1) is 16.2. The molecule has 0 saturated heterocycles. The maximum Gasteiger partial charge on any atom is 0.123 e. The summed E-state index contributed by atoms with van der Waals surface area (Å²) < 4.78 is 14.9. The zero-order valence-electron chi connectivity index (χ0n) is 13.1. The van der Waals surface area contributed by atoms with Gasteiger partial charge in [0.15, 0.2) is 0 Å². The Morgan fingerprint density at radius 1 is 1.13 bits per heavy atom. The molecule has 1 aliphatic heterocycles. The third-order valence-electron chi connectivity index (χ3n) is 4.22. The Morgan fingerprint density at radius 2 is 1.91 bits per heavy atom.